The molecule has 0 spiro atoms. The number of hydrogen-bond donors (Lipinski definition) is 0. The fraction of sp³-hybridized carbons (Fsp3) is 1.00. The van der Waals surface area contributed by atoms with Crippen LogP contribution in [0.4, 0.5) is 13.2 Å². The number of halogens is 3. The lowest BCUT2D eigenvalue weighted by atomic mass is 9.64. The van der Waals surface area contributed by atoms with Gasteiger partial charge in [0.2, 0.25) is 0 Å². The molecule has 0 N–H and O–H groups in total. The van der Waals surface area contributed by atoms with Crippen LogP contribution in [0.2, 0.25) is 0 Å². The summed E-state index contributed by atoms with van der Waals surface area (Å²) >= 11 is 0. The Hall–Kier alpha value is -0.250. The zero-order chi connectivity index (χ0) is 20.1. The van der Waals surface area contributed by atoms with Crippen molar-refractivity contribution in [1.82, 2.24) is 0 Å². The summed E-state index contributed by atoms with van der Waals surface area (Å²) < 4.78 is 50.2. The molecule has 0 saturated heterocycles. The molecule has 3 aliphatic rings. The van der Waals surface area contributed by atoms with E-state index in [4.69, 9.17) is 4.74 Å². The van der Waals surface area contributed by atoms with Crippen molar-refractivity contribution >= 4 is 0 Å². The smallest absolute Gasteiger partial charge is 0.157 e. The minimum atomic E-state index is -1.55. The third-order valence-corrected chi connectivity index (χ3v) is 8.07. The van der Waals surface area contributed by atoms with Crippen LogP contribution in [0.5, 0.6) is 0 Å². The van der Waals surface area contributed by atoms with Crippen molar-refractivity contribution < 1.29 is 17.9 Å². The van der Waals surface area contributed by atoms with Gasteiger partial charge in [0.25, 0.3) is 0 Å². The molecule has 3 rings (SSSR count). The summed E-state index contributed by atoms with van der Waals surface area (Å²) in [4.78, 5) is 0. The molecule has 0 aromatic rings. The molecule has 28 heavy (non-hydrogen) atoms. The van der Waals surface area contributed by atoms with E-state index in [1.165, 1.54) is 12.8 Å². The van der Waals surface area contributed by atoms with Gasteiger partial charge in [-0.1, -0.05) is 39.5 Å². The zero-order valence-electron chi connectivity index (χ0n) is 17.9. The van der Waals surface area contributed by atoms with Crippen molar-refractivity contribution in [2.75, 3.05) is 6.61 Å². The average Bonchev–Trinajstić information content (AvgIpc) is 2.69. The molecule has 0 bridgehead atoms. The SMILES string of the molecule is CCCCCOC1CCC(C2CCC(C3CCC(C)CC3)C(F)C2)C(F)C1F. The molecule has 0 radical (unpaired) electrons. The first kappa shape index (κ1) is 22.4. The first-order valence-electron chi connectivity index (χ1n) is 12.0. The maximum Gasteiger partial charge on any atom is 0.157 e. The van der Waals surface area contributed by atoms with E-state index >= 15 is 4.39 Å². The van der Waals surface area contributed by atoms with Gasteiger partial charge in [0.05, 0.1) is 6.10 Å². The van der Waals surface area contributed by atoms with Gasteiger partial charge < -0.3 is 4.74 Å². The van der Waals surface area contributed by atoms with Crippen LogP contribution in [0, 0.1) is 29.6 Å². The normalized spacial score (nSPS) is 45.1. The second kappa shape index (κ2) is 10.7. The number of alkyl halides is 3. The second-order valence-corrected chi connectivity index (χ2v) is 10.0. The molecule has 0 aliphatic heterocycles. The highest BCUT2D eigenvalue weighted by molar-refractivity contribution is 4.95. The van der Waals surface area contributed by atoms with Crippen LogP contribution in [0.25, 0.3) is 0 Å². The maximum absolute atomic E-state index is 15.0. The Morgan fingerprint density at radius 1 is 0.750 bits per heavy atom. The first-order valence-corrected chi connectivity index (χ1v) is 12.0. The molecule has 4 heteroatoms. The van der Waals surface area contributed by atoms with E-state index in [0.29, 0.717) is 31.8 Å². The lowest BCUT2D eigenvalue weighted by Gasteiger charge is -2.44. The molecule has 7 unspecified atom stereocenters. The van der Waals surface area contributed by atoms with Gasteiger partial charge in [-0.25, -0.2) is 13.2 Å². The van der Waals surface area contributed by atoms with Crippen LogP contribution in [0.15, 0.2) is 0 Å². The number of rotatable bonds is 7. The highest BCUT2D eigenvalue weighted by Crippen LogP contribution is 2.47. The largest absolute Gasteiger partial charge is 0.375 e. The van der Waals surface area contributed by atoms with E-state index in [9.17, 15) is 8.78 Å². The standard InChI is InChI=1S/C24H41F3O/c1-3-4-5-14-28-22-13-12-20(23(26)24(22)27)18-10-11-19(21(25)15-18)17-8-6-16(2)7-9-17/h16-24H,3-15H2,1-2H3. The van der Waals surface area contributed by atoms with Crippen LogP contribution >= 0.6 is 0 Å². The monoisotopic (exact) mass is 402 g/mol. The van der Waals surface area contributed by atoms with Crippen LogP contribution in [0.1, 0.15) is 90.9 Å². The van der Waals surface area contributed by atoms with Crippen molar-refractivity contribution in [1.29, 1.82) is 0 Å². The lowest BCUT2D eigenvalue weighted by molar-refractivity contribution is -0.0926. The molecule has 164 valence electrons. The Morgan fingerprint density at radius 2 is 1.43 bits per heavy atom. The number of hydrogen-bond acceptors (Lipinski definition) is 1. The van der Waals surface area contributed by atoms with Gasteiger partial charge in [0.1, 0.15) is 12.3 Å². The summed E-state index contributed by atoms with van der Waals surface area (Å²) in [5.74, 6) is 1.12. The molecule has 0 amide bonds. The molecule has 0 aromatic heterocycles. The minimum absolute atomic E-state index is 0.00283. The molecular formula is C24H41F3O. The molecular weight excluding hydrogens is 361 g/mol. The van der Waals surface area contributed by atoms with Gasteiger partial charge >= 0.3 is 0 Å². The second-order valence-electron chi connectivity index (χ2n) is 10.0. The van der Waals surface area contributed by atoms with E-state index in [-0.39, 0.29) is 17.8 Å². The zero-order valence-corrected chi connectivity index (χ0v) is 17.9. The van der Waals surface area contributed by atoms with Crippen molar-refractivity contribution in [2.24, 2.45) is 29.6 Å². The van der Waals surface area contributed by atoms with Crippen LogP contribution in [-0.4, -0.2) is 31.2 Å². The Kier molecular flexibility index (Phi) is 8.56. The van der Waals surface area contributed by atoms with Crippen molar-refractivity contribution in [3.63, 3.8) is 0 Å². The van der Waals surface area contributed by atoms with Crippen molar-refractivity contribution in [2.45, 2.75) is 116 Å². The first-order chi connectivity index (χ1) is 13.5. The van der Waals surface area contributed by atoms with Gasteiger partial charge in [0, 0.05) is 6.61 Å². The molecule has 0 aromatic carbocycles. The predicted molar refractivity (Wildman–Crippen MR) is 109 cm³/mol. The van der Waals surface area contributed by atoms with Gasteiger partial charge in [0.15, 0.2) is 6.17 Å². The van der Waals surface area contributed by atoms with Crippen LogP contribution < -0.4 is 0 Å². The van der Waals surface area contributed by atoms with Crippen LogP contribution in [0.3, 0.4) is 0 Å². The van der Waals surface area contributed by atoms with E-state index < -0.39 is 24.6 Å². The number of ether oxygens (including phenoxy) is 1. The molecule has 3 saturated carbocycles. The van der Waals surface area contributed by atoms with E-state index in [0.717, 1.165) is 50.9 Å². The summed E-state index contributed by atoms with van der Waals surface area (Å²) in [5, 5.41) is 0. The van der Waals surface area contributed by atoms with Crippen molar-refractivity contribution in [3.05, 3.63) is 0 Å². The maximum atomic E-state index is 15.0. The highest BCUT2D eigenvalue weighted by atomic mass is 19.2. The molecule has 3 aliphatic carbocycles. The van der Waals surface area contributed by atoms with Gasteiger partial charge in [-0.15, -0.1) is 0 Å². The molecule has 7 atom stereocenters. The Balaban J connectivity index is 1.47. The third kappa shape index (κ3) is 5.46. The summed E-state index contributed by atoms with van der Waals surface area (Å²) in [6.07, 6.45) is 6.72. The molecule has 1 nitrogen and oxygen atoms in total. The van der Waals surface area contributed by atoms with E-state index in [1.807, 2.05) is 0 Å². The van der Waals surface area contributed by atoms with E-state index in [1.54, 1.807) is 0 Å². The van der Waals surface area contributed by atoms with Crippen molar-refractivity contribution in [3.8, 4) is 0 Å². The lowest BCUT2D eigenvalue weighted by Crippen LogP contribution is -2.47. The minimum Gasteiger partial charge on any atom is -0.375 e. The van der Waals surface area contributed by atoms with Gasteiger partial charge in [-0.3, -0.25) is 0 Å². The fourth-order valence-corrected chi connectivity index (χ4v) is 6.18. The fourth-order valence-electron chi connectivity index (χ4n) is 6.18. The third-order valence-electron chi connectivity index (χ3n) is 8.07. The number of unbranched alkanes of at least 4 members (excludes halogenated alkanes) is 2. The predicted octanol–water partition coefficient (Wildman–Crippen LogP) is 7.23. The quantitative estimate of drug-likeness (QED) is 0.408. The summed E-state index contributed by atoms with van der Waals surface area (Å²) in [7, 11) is 0. The highest BCUT2D eigenvalue weighted by Gasteiger charge is 2.47. The summed E-state index contributed by atoms with van der Waals surface area (Å²) in [6, 6.07) is 0. The molecule has 3 fully saturated rings. The van der Waals surface area contributed by atoms with Gasteiger partial charge in [-0.2, -0.15) is 0 Å². The molecule has 0 heterocycles. The van der Waals surface area contributed by atoms with Crippen LogP contribution in [-0.2, 0) is 4.74 Å². The van der Waals surface area contributed by atoms with E-state index in [2.05, 4.69) is 13.8 Å². The Labute approximate surface area is 170 Å². The Bertz CT molecular complexity index is 451. The topological polar surface area (TPSA) is 9.23 Å². The summed E-state index contributed by atoms with van der Waals surface area (Å²) in [5.41, 5.74) is 0. The summed E-state index contributed by atoms with van der Waals surface area (Å²) in [6.45, 7) is 4.93. The Morgan fingerprint density at radius 3 is 2.11 bits per heavy atom. The van der Waals surface area contributed by atoms with Gasteiger partial charge in [-0.05, 0) is 81.0 Å². The average molecular weight is 403 g/mol.